The number of nitrogens with zero attached hydrogens (tertiary/aromatic N) is 3. The molecule has 0 bridgehead atoms. The fourth-order valence-electron chi connectivity index (χ4n) is 3.49. The zero-order chi connectivity index (χ0) is 24.4. The minimum atomic E-state index is -0.718. The van der Waals surface area contributed by atoms with E-state index < -0.39 is 11.8 Å². The highest BCUT2D eigenvalue weighted by atomic mass is 16.5. The summed E-state index contributed by atoms with van der Waals surface area (Å²) in [6.07, 6.45) is 3.71. The molecular formula is C23H34N4O6. The SMILES string of the molecule is CCCC(CCCn1nc(C(=O)OCC)c(C(=O)c2cc(OC)c(OC)cc2N)n1)OCC. The van der Waals surface area contributed by atoms with E-state index >= 15 is 0 Å². The second-order valence-corrected chi connectivity index (χ2v) is 7.35. The molecule has 0 aliphatic rings. The fourth-order valence-corrected chi connectivity index (χ4v) is 3.49. The van der Waals surface area contributed by atoms with Crippen LogP contribution in [0.4, 0.5) is 5.69 Å². The Balaban J connectivity index is 2.32. The Bertz CT molecular complexity index is 937. The van der Waals surface area contributed by atoms with Gasteiger partial charge in [0.05, 0.1) is 39.0 Å². The molecule has 0 aliphatic heterocycles. The lowest BCUT2D eigenvalue weighted by Crippen LogP contribution is -2.14. The van der Waals surface area contributed by atoms with E-state index in [0.29, 0.717) is 24.7 Å². The first-order valence-corrected chi connectivity index (χ1v) is 11.2. The van der Waals surface area contributed by atoms with E-state index in [1.165, 1.54) is 31.1 Å². The molecule has 2 N–H and O–H groups in total. The van der Waals surface area contributed by atoms with Gasteiger partial charge >= 0.3 is 5.97 Å². The van der Waals surface area contributed by atoms with Crippen molar-refractivity contribution >= 4 is 17.4 Å². The van der Waals surface area contributed by atoms with Crippen LogP contribution in [0.3, 0.4) is 0 Å². The van der Waals surface area contributed by atoms with Crippen molar-refractivity contribution < 1.29 is 28.5 Å². The van der Waals surface area contributed by atoms with Crippen molar-refractivity contribution in [1.29, 1.82) is 0 Å². The summed E-state index contributed by atoms with van der Waals surface area (Å²) in [7, 11) is 2.93. The predicted molar refractivity (Wildman–Crippen MR) is 123 cm³/mol. The summed E-state index contributed by atoms with van der Waals surface area (Å²) in [5.74, 6) is -0.556. The van der Waals surface area contributed by atoms with E-state index in [1.807, 2.05) is 6.92 Å². The van der Waals surface area contributed by atoms with Gasteiger partial charge in [0.2, 0.25) is 11.5 Å². The molecule has 33 heavy (non-hydrogen) atoms. The molecule has 0 aliphatic carbocycles. The maximum Gasteiger partial charge on any atom is 0.361 e. The molecule has 1 atom stereocenters. The monoisotopic (exact) mass is 462 g/mol. The highest BCUT2D eigenvalue weighted by Gasteiger charge is 2.28. The van der Waals surface area contributed by atoms with Gasteiger partial charge in [-0.1, -0.05) is 13.3 Å². The van der Waals surface area contributed by atoms with Gasteiger partial charge in [-0.3, -0.25) is 4.79 Å². The zero-order valence-corrected chi connectivity index (χ0v) is 20.1. The second kappa shape index (κ2) is 12.8. The van der Waals surface area contributed by atoms with Crippen molar-refractivity contribution in [2.75, 3.05) is 33.2 Å². The predicted octanol–water partition coefficient (Wildman–Crippen LogP) is 3.27. The summed E-state index contributed by atoms with van der Waals surface area (Å²) in [4.78, 5) is 27.2. The number of nitrogens with two attached hydrogens (primary N) is 1. The number of nitrogen functional groups attached to an aromatic ring is 1. The minimum absolute atomic E-state index is 0.123. The van der Waals surface area contributed by atoms with E-state index in [-0.39, 0.29) is 35.3 Å². The quantitative estimate of drug-likeness (QED) is 0.255. The van der Waals surface area contributed by atoms with Crippen LogP contribution in [-0.4, -0.2) is 60.3 Å². The highest BCUT2D eigenvalue weighted by molar-refractivity contribution is 6.15. The summed E-state index contributed by atoms with van der Waals surface area (Å²) in [6.45, 7) is 6.99. The molecule has 0 saturated heterocycles. The molecule has 0 saturated carbocycles. The van der Waals surface area contributed by atoms with Crippen molar-refractivity contribution in [2.45, 2.75) is 59.1 Å². The van der Waals surface area contributed by atoms with E-state index in [1.54, 1.807) is 6.92 Å². The third-order valence-corrected chi connectivity index (χ3v) is 5.04. The molecule has 10 nitrogen and oxygen atoms in total. The Morgan fingerprint density at radius 2 is 1.67 bits per heavy atom. The van der Waals surface area contributed by atoms with E-state index in [2.05, 4.69) is 17.1 Å². The van der Waals surface area contributed by atoms with Crippen molar-refractivity contribution in [3.8, 4) is 11.5 Å². The van der Waals surface area contributed by atoms with Crippen molar-refractivity contribution in [2.24, 2.45) is 0 Å². The largest absolute Gasteiger partial charge is 0.493 e. The Kier molecular flexibility index (Phi) is 10.1. The van der Waals surface area contributed by atoms with Crippen LogP contribution in [0.15, 0.2) is 12.1 Å². The number of rotatable bonds is 14. The number of ether oxygens (including phenoxy) is 4. The van der Waals surface area contributed by atoms with Crippen LogP contribution in [0.2, 0.25) is 0 Å². The zero-order valence-electron chi connectivity index (χ0n) is 20.1. The number of esters is 1. The van der Waals surface area contributed by atoms with Gasteiger partial charge < -0.3 is 24.7 Å². The first kappa shape index (κ1) is 26.1. The molecule has 1 unspecified atom stereocenters. The van der Waals surface area contributed by atoms with Crippen LogP contribution in [0, 0.1) is 0 Å². The van der Waals surface area contributed by atoms with Gasteiger partial charge in [-0.05, 0) is 39.2 Å². The average molecular weight is 463 g/mol. The third kappa shape index (κ3) is 6.67. The van der Waals surface area contributed by atoms with Crippen molar-refractivity contribution in [1.82, 2.24) is 15.0 Å². The Morgan fingerprint density at radius 1 is 1.00 bits per heavy atom. The average Bonchev–Trinajstić information content (AvgIpc) is 3.23. The molecule has 1 heterocycles. The summed E-state index contributed by atoms with van der Waals surface area (Å²) >= 11 is 0. The fraction of sp³-hybridized carbons (Fsp3) is 0.565. The van der Waals surface area contributed by atoms with E-state index in [4.69, 9.17) is 24.7 Å². The number of anilines is 1. The summed E-state index contributed by atoms with van der Waals surface area (Å²) in [5, 5.41) is 8.55. The number of benzene rings is 1. The molecule has 0 spiro atoms. The van der Waals surface area contributed by atoms with Gasteiger partial charge in [0.1, 0.15) is 0 Å². The van der Waals surface area contributed by atoms with Crippen LogP contribution in [0.25, 0.3) is 0 Å². The van der Waals surface area contributed by atoms with Crippen LogP contribution >= 0.6 is 0 Å². The standard InChI is InChI=1S/C23H34N4O6/c1-6-10-15(32-7-2)11-9-12-27-25-20(21(26-27)23(29)33-8-3)22(28)16-13-18(30-4)19(31-5)14-17(16)24/h13-15H,6-12,24H2,1-5H3. The van der Waals surface area contributed by atoms with Gasteiger partial charge in [-0.25, -0.2) is 4.79 Å². The normalized spacial score (nSPS) is 11.8. The van der Waals surface area contributed by atoms with Crippen molar-refractivity contribution in [3.63, 3.8) is 0 Å². The van der Waals surface area contributed by atoms with Crippen LogP contribution < -0.4 is 15.2 Å². The number of carbonyl (C=O) groups excluding carboxylic acids is 2. The number of methoxy groups -OCH3 is 2. The highest BCUT2D eigenvalue weighted by Crippen LogP contribution is 2.33. The lowest BCUT2D eigenvalue weighted by molar-refractivity contribution is 0.0473. The Hall–Kier alpha value is -3.14. The summed E-state index contributed by atoms with van der Waals surface area (Å²) in [5.41, 5.74) is 6.11. The smallest absolute Gasteiger partial charge is 0.361 e. The van der Waals surface area contributed by atoms with Crippen LogP contribution in [0.1, 0.15) is 73.0 Å². The molecule has 1 aromatic heterocycles. The lowest BCUT2D eigenvalue weighted by atomic mass is 10.0. The van der Waals surface area contributed by atoms with E-state index in [0.717, 1.165) is 25.7 Å². The van der Waals surface area contributed by atoms with Gasteiger partial charge in [0, 0.05) is 18.4 Å². The molecule has 0 amide bonds. The van der Waals surface area contributed by atoms with Crippen LogP contribution in [-0.2, 0) is 16.0 Å². The number of aryl methyl sites for hydroxylation is 1. The van der Waals surface area contributed by atoms with Gasteiger partial charge in [0.25, 0.3) is 0 Å². The molecule has 10 heteroatoms. The maximum absolute atomic E-state index is 13.3. The molecule has 1 aromatic carbocycles. The Labute approximate surface area is 194 Å². The van der Waals surface area contributed by atoms with Crippen LogP contribution in [0.5, 0.6) is 11.5 Å². The molecule has 0 radical (unpaired) electrons. The molecule has 2 rings (SSSR count). The minimum Gasteiger partial charge on any atom is -0.493 e. The molecule has 2 aromatic rings. The number of aromatic nitrogens is 3. The maximum atomic E-state index is 13.3. The van der Waals surface area contributed by atoms with Gasteiger partial charge in [-0.2, -0.15) is 4.80 Å². The first-order chi connectivity index (χ1) is 15.9. The molecule has 182 valence electrons. The van der Waals surface area contributed by atoms with E-state index in [9.17, 15) is 9.59 Å². The van der Waals surface area contributed by atoms with Gasteiger partial charge in [0.15, 0.2) is 17.2 Å². The molecule has 0 fully saturated rings. The number of carbonyl (C=O) groups is 2. The number of hydrogen-bond donors (Lipinski definition) is 1. The summed E-state index contributed by atoms with van der Waals surface area (Å²) in [6, 6.07) is 2.95. The summed E-state index contributed by atoms with van der Waals surface area (Å²) < 4.78 is 21.3. The molecular weight excluding hydrogens is 428 g/mol. The Morgan fingerprint density at radius 3 is 2.27 bits per heavy atom. The van der Waals surface area contributed by atoms with Gasteiger partial charge in [-0.15, -0.1) is 10.2 Å². The lowest BCUT2D eigenvalue weighted by Gasteiger charge is -2.15. The topological polar surface area (TPSA) is 128 Å². The first-order valence-electron chi connectivity index (χ1n) is 11.2. The number of ketones is 1. The second-order valence-electron chi connectivity index (χ2n) is 7.35. The third-order valence-electron chi connectivity index (χ3n) is 5.04. The van der Waals surface area contributed by atoms with Crippen molar-refractivity contribution in [3.05, 3.63) is 29.1 Å². The number of hydrogen-bond acceptors (Lipinski definition) is 9.